The molecule has 1 unspecified atom stereocenters. The summed E-state index contributed by atoms with van der Waals surface area (Å²) >= 11 is 0. The van der Waals surface area contributed by atoms with Gasteiger partial charge in [-0.25, -0.2) is 4.98 Å². The van der Waals surface area contributed by atoms with Crippen molar-refractivity contribution in [1.29, 1.82) is 0 Å². The summed E-state index contributed by atoms with van der Waals surface area (Å²) in [5.41, 5.74) is 0. The van der Waals surface area contributed by atoms with Crippen molar-refractivity contribution in [3.05, 3.63) is 18.2 Å². The molecule has 19 heavy (non-hydrogen) atoms. The molecule has 1 aromatic rings. The summed E-state index contributed by atoms with van der Waals surface area (Å²) in [6.07, 6.45) is 9.69. The smallest absolute Gasteiger partial charge is 0.127 e. The van der Waals surface area contributed by atoms with Crippen LogP contribution in [0.1, 0.15) is 37.5 Å². The van der Waals surface area contributed by atoms with Gasteiger partial charge < -0.3 is 9.88 Å². The number of aryl methyl sites for hydroxylation is 1. The van der Waals surface area contributed by atoms with Crippen molar-refractivity contribution in [3.63, 3.8) is 0 Å². The first-order valence-electron chi connectivity index (χ1n) is 7.26. The first kappa shape index (κ1) is 14.8. The minimum absolute atomic E-state index is 0. The van der Waals surface area contributed by atoms with Gasteiger partial charge in [0.1, 0.15) is 5.82 Å². The van der Waals surface area contributed by atoms with Crippen LogP contribution in [0.5, 0.6) is 0 Å². The fraction of sp³-hybridized carbons (Fsp3) is 0.786. The van der Waals surface area contributed by atoms with Crippen LogP contribution in [0.15, 0.2) is 12.4 Å². The summed E-state index contributed by atoms with van der Waals surface area (Å²) in [7, 11) is 2.10. The molecule has 0 radical (unpaired) electrons. The normalized spacial score (nSPS) is 25.4. The first-order chi connectivity index (χ1) is 8.84. The average molecular weight is 285 g/mol. The number of piperazine rings is 1. The van der Waals surface area contributed by atoms with Crippen LogP contribution in [0.25, 0.3) is 0 Å². The van der Waals surface area contributed by atoms with Gasteiger partial charge in [0, 0.05) is 45.6 Å². The van der Waals surface area contributed by atoms with E-state index in [1.165, 1.54) is 38.1 Å². The third-order valence-corrected chi connectivity index (χ3v) is 4.48. The van der Waals surface area contributed by atoms with Crippen molar-refractivity contribution in [2.24, 2.45) is 13.0 Å². The topological polar surface area (TPSA) is 33.1 Å². The lowest BCUT2D eigenvalue weighted by atomic mass is 10.0. The molecule has 108 valence electrons. The SMILES string of the molecule is Cl.Cn1ccnc1C1CNCCN1CC1CCCC1. The van der Waals surface area contributed by atoms with E-state index in [2.05, 4.69) is 33.0 Å². The Hall–Kier alpha value is -0.580. The van der Waals surface area contributed by atoms with Crippen molar-refractivity contribution < 1.29 is 0 Å². The molecule has 1 saturated carbocycles. The van der Waals surface area contributed by atoms with Gasteiger partial charge >= 0.3 is 0 Å². The Labute approximate surface area is 122 Å². The summed E-state index contributed by atoms with van der Waals surface area (Å²) in [4.78, 5) is 7.19. The van der Waals surface area contributed by atoms with Gasteiger partial charge in [0.25, 0.3) is 0 Å². The molecule has 2 heterocycles. The molecule has 1 aliphatic carbocycles. The van der Waals surface area contributed by atoms with E-state index in [-0.39, 0.29) is 12.4 Å². The van der Waals surface area contributed by atoms with Crippen molar-refractivity contribution >= 4 is 12.4 Å². The summed E-state index contributed by atoms with van der Waals surface area (Å²) in [6, 6.07) is 0.458. The summed E-state index contributed by atoms with van der Waals surface area (Å²) in [6.45, 7) is 4.58. The van der Waals surface area contributed by atoms with Gasteiger partial charge in [0.15, 0.2) is 0 Å². The predicted molar refractivity (Wildman–Crippen MR) is 79.6 cm³/mol. The second-order valence-corrected chi connectivity index (χ2v) is 5.76. The molecule has 1 aromatic heterocycles. The number of rotatable bonds is 3. The lowest BCUT2D eigenvalue weighted by Crippen LogP contribution is -2.48. The molecule has 2 aliphatic rings. The Balaban J connectivity index is 0.00000133. The van der Waals surface area contributed by atoms with E-state index >= 15 is 0 Å². The molecule has 0 amide bonds. The van der Waals surface area contributed by atoms with E-state index in [0.29, 0.717) is 6.04 Å². The number of imidazole rings is 1. The van der Waals surface area contributed by atoms with Gasteiger partial charge in [-0.1, -0.05) is 12.8 Å². The molecule has 1 aliphatic heterocycles. The second kappa shape index (κ2) is 6.73. The standard InChI is InChI=1S/C14H24N4.ClH/c1-17-8-7-16-14(17)13-10-15-6-9-18(13)11-12-4-2-3-5-12;/h7-8,12-13,15H,2-6,9-11H2,1H3;1H. The maximum absolute atomic E-state index is 4.55. The zero-order valence-electron chi connectivity index (χ0n) is 11.7. The number of nitrogens with one attached hydrogen (secondary N) is 1. The molecular weight excluding hydrogens is 260 g/mol. The van der Waals surface area contributed by atoms with Crippen molar-refractivity contribution in [3.8, 4) is 0 Å². The van der Waals surface area contributed by atoms with Gasteiger partial charge in [-0.2, -0.15) is 0 Å². The summed E-state index contributed by atoms with van der Waals surface area (Å²) in [5, 5.41) is 3.51. The predicted octanol–water partition coefficient (Wildman–Crippen LogP) is 1.98. The van der Waals surface area contributed by atoms with E-state index in [1.54, 1.807) is 0 Å². The highest BCUT2D eigenvalue weighted by Crippen LogP contribution is 2.29. The largest absolute Gasteiger partial charge is 0.337 e. The Morgan fingerprint density at radius 2 is 2.16 bits per heavy atom. The maximum Gasteiger partial charge on any atom is 0.127 e. The number of halogens is 1. The highest BCUT2D eigenvalue weighted by atomic mass is 35.5. The maximum atomic E-state index is 4.55. The Morgan fingerprint density at radius 3 is 2.84 bits per heavy atom. The summed E-state index contributed by atoms with van der Waals surface area (Å²) < 4.78 is 2.17. The van der Waals surface area contributed by atoms with Crippen LogP contribution in [0.3, 0.4) is 0 Å². The van der Waals surface area contributed by atoms with Crippen molar-refractivity contribution in [1.82, 2.24) is 19.8 Å². The molecule has 3 rings (SSSR count). The van der Waals surface area contributed by atoms with E-state index < -0.39 is 0 Å². The first-order valence-corrected chi connectivity index (χ1v) is 7.26. The van der Waals surface area contributed by atoms with E-state index in [9.17, 15) is 0 Å². The molecular formula is C14H25ClN4. The van der Waals surface area contributed by atoms with Crippen LogP contribution in [0, 0.1) is 5.92 Å². The number of aromatic nitrogens is 2. The molecule has 0 bridgehead atoms. The number of hydrogen-bond acceptors (Lipinski definition) is 3. The van der Waals surface area contributed by atoms with Crippen LogP contribution >= 0.6 is 12.4 Å². The van der Waals surface area contributed by atoms with E-state index in [1.807, 2.05) is 6.20 Å². The van der Waals surface area contributed by atoms with Crippen LogP contribution in [0.4, 0.5) is 0 Å². The fourth-order valence-corrected chi connectivity index (χ4v) is 3.44. The lowest BCUT2D eigenvalue weighted by Gasteiger charge is -2.37. The van der Waals surface area contributed by atoms with Crippen LogP contribution in [-0.2, 0) is 7.05 Å². The lowest BCUT2D eigenvalue weighted by molar-refractivity contribution is 0.130. The van der Waals surface area contributed by atoms with E-state index in [4.69, 9.17) is 0 Å². The average Bonchev–Trinajstić information content (AvgIpc) is 3.02. The van der Waals surface area contributed by atoms with Crippen LogP contribution in [-0.4, -0.2) is 40.6 Å². The second-order valence-electron chi connectivity index (χ2n) is 5.76. The van der Waals surface area contributed by atoms with Crippen molar-refractivity contribution in [2.45, 2.75) is 31.7 Å². The fourth-order valence-electron chi connectivity index (χ4n) is 3.44. The van der Waals surface area contributed by atoms with Gasteiger partial charge in [0.2, 0.25) is 0 Å². The summed E-state index contributed by atoms with van der Waals surface area (Å²) in [5.74, 6) is 2.13. The molecule has 1 saturated heterocycles. The third kappa shape index (κ3) is 3.30. The van der Waals surface area contributed by atoms with Gasteiger partial charge in [0.05, 0.1) is 6.04 Å². The monoisotopic (exact) mass is 284 g/mol. The Bertz CT molecular complexity index is 387. The van der Waals surface area contributed by atoms with Crippen molar-refractivity contribution in [2.75, 3.05) is 26.2 Å². The zero-order chi connectivity index (χ0) is 12.4. The Kier molecular flexibility index (Phi) is 5.25. The number of nitrogens with zero attached hydrogens (tertiary/aromatic N) is 3. The molecule has 2 fully saturated rings. The Morgan fingerprint density at radius 1 is 1.37 bits per heavy atom. The van der Waals surface area contributed by atoms with Crippen LogP contribution < -0.4 is 5.32 Å². The molecule has 4 nitrogen and oxygen atoms in total. The van der Waals surface area contributed by atoms with Crippen LogP contribution in [0.2, 0.25) is 0 Å². The van der Waals surface area contributed by atoms with Gasteiger partial charge in [-0.05, 0) is 18.8 Å². The van der Waals surface area contributed by atoms with Gasteiger partial charge in [-0.15, -0.1) is 12.4 Å². The quantitative estimate of drug-likeness (QED) is 0.921. The van der Waals surface area contributed by atoms with E-state index in [0.717, 1.165) is 25.6 Å². The van der Waals surface area contributed by atoms with Gasteiger partial charge in [-0.3, -0.25) is 4.90 Å². The molecule has 0 aromatic carbocycles. The highest BCUT2D eigenvalue weighted by Gasteiger charge is 2.29. The zero-order valence-corrected chi connectivity index (χ0v) is 12.5. The minimum Gasteiger partial charge on any atom is -0.337 e. The molecule has 1 N–H and O–H groups in total. The highest BCUT2D eigenvalue weighted by molar-refractivity contribution is 5.85. The third-order valence-electron chi connectivity index (χ3n) is 4.48. The molecule has 0 spiro atoms. The molecule has 5 heteroatoms. The minimum atomic E-state index is 0. The number of hydrogen-bond donors (Lipinski definition) is 1. The molecule has 1 atom stereocenters.